The molecule has 4 N–H and O–H groups in total. The van der Waals surface area contributed by atoms with E-state index in [2.05, 4.69) is 20.1 Å². The van der Waals surface area contributed by atoms with Gasteiger partial charge in [-0.25, -0.2) is 0 Å². The van der Waals surface area contributed by atoms with Crippen LogP contribution in [0.4, 0.5) is 0 Å². The third-order valence-electron chi connectivity index (χ3n) is 2.48. The Morgan fingerprint density at radius 1 is 0.889 bits per heavy atom. The highest BCUT2D eigenvalue weighted by Gasteiger charge is 2.07. The molecular formula is C10H14N8. The number of nitrogens with two attached hydrogens (primary N) is 2. The van der Waals surface area contributed by atoms with Gasteiger partial charge < -0.3 is 11.5 Å². The Balaban J connectivity index is 2.72. The Labute approximate surface area is 104 Å². The van der Waals surface area contributed by atoms with Crippen LogP contribution in [0.2, 0.25) is 0 Å². The molecule has 0 fully saturated rings. The molecule has 0 aliphatic carbocycles. The zero-order valence-corrected chi connectivity index (χ0v) is 9.72. The molecule has 0 radical (unpaired) electrons. The highest BCUT2D eigenvalue weighted by molar-refractivity contribution is 5.27. The lowest BCUT2D eigenvalue weighted by Crippen LogP contribution is -2.15. The van der Waals surface area contributed by atoms with Crippen LogP contribution in [0.25, 0.3) is 20.9 Å². The molecular weight excluding hydrogens is 232 g/mol. The number of hydrogen-bond donors (Lipinski definition) is 2. The van der Waals surface area contributed by atoms with Gasteiger partial charge in [0.15, 0.2) is 0 Å². The summed E-state index contributed by atoms with van der Waals surface area (Å²) in [7, 11) is 0. The predicted octanol–water partition coefficient (Wildman–Crippen LogP) is 2.31. The molecule has 0 amide bonds. The van der Waals surface area contributed by atoms with E-state index in [9.17, 15) is 0 Å². The van der Waals surface area contributed by atoms with E-state index in [1.165, 1.54) is 0 Å². The van der Waals surface area contributed by atoms with Crippen LogP contribution >= 0.6 is 0 Å². The van der Waals surface area contributed by atoms with Crippen molar-refractivity contribution in [2.24, 2.45) is 21.7 Å². The summed E-state index contributed by atoms with van der Waals surface area (Å²) in [5.74, 6) is 0. The monoisotopic (exact) mass is 246 g/mol. The maximum absolute atomic E-state index is 8.21. The van der Waals surface area contributed by atoms with Gasteiger partial charge in [0, 0.05) is 35.0 Å². The lowest BCUT2D eigenvalue weighted by atomic mass is 10.0. The summed E-state index contributed by atoms with van der Waals surface area (Å²) in [5, 5.41) is 6.84. The molecule has 0 aliphatic rings. The molecule has 0 aliphatic heterocycles. The van der Waals surface area contributed by atoms with Crippen molar-refractivity contribution in [3.05, 3.63) is 56.3 Å². The van der Waals surface area contributed by atoms with E-state index < -0.39 is 0 Å². The van der Waals surface area contributed by atoms with Gasteiger partial charge in [-0.1, -0.05) is 34.5 Å². The standard InChI is InChI=1S/C10H14N8/c11-9(5-15-17-13)7-1-2-8(4-3-7)10(12)6-16-18-14/h1-4,9-10H,5-6,11-12H2. The van der Waals surface area contributed by atoms with Gasteiger partial charge in [-0.2, -0.15) is 0 Å². The summed E-state index contributed by atoms with van der Waals surface area (Å²) in [6.07, 6.45) is 0. The molecule has 8 heteroatoms. The van der Waals surface area contributed by atoms with E-state index >= 15 is 0 Å². The average Bonchev–Trinajstić information content (AvgIpc) is 2.42. The van der Waals surface area contributed by atoms with Gasteiger partial charge in [0.05, 0.1) is 0 Å². The number of rotatable bonds is 6. The number of nitrogens with zero attached hydrogens (tertiary/aromatic N) is 6. The summed E-state index contributed by atoms with van der Waals surface area (Å²) >= 11 is 0. The molecule has 94 valence electrons. The molecule has 0 spiro atoms. The van der Waals surface area contributed by atoms with E-state index in [1.807, 2.05) is 24.3 Å². The number of azide groups is 2. The highest BCUT2D eigenvalue weighted by Crippen LogP contribution is 2.16. The Kier molecular flexibility index (Phi) is 5.50. The van der Waals surface area contributed by atoms with Crippen LogP contribution in [0, 0.1) is 0 Å². The van der Waals surface area contributed by atoms with Crippen molar-refractivity contribution in [3.8, 4) is 0 Å². The van der Waals surface area contributed by atoms with Crippen molar-refractivity contribution in [2.75, 3.05) is 13.1 Å². The zero-order chi connectivity index (χ0) is 13.4. The Morgan fingerprint density at radius 2 is 1.22 bits per heavy atom. The molecule has 0 bridgehead atoms. The van der Waals surface area contributed by atoms with Gasteiger partial charge in [0.2, 0.25) is 0 Å². The van der Waals surface area contributed by atoms with Gasteiger partial charge in [0.25, 0.3) is 0 Å². The molecule has 2 atom stereocenters. The summed E-state index contributed by atoms with van der Waals surface area (Å²) in [6.45, 7) is 0.418. The Hall–Kier alpha value is -2.24. The molecule has 2 unspecified atom stereocenters. The number of hydrogen-bond acceptors (Lipinski definition) is 4. The summed E-state index contributed by atoms with van der Waals surface area (Å²) < 4.78 is 0. The Morgan fingerprint density at radius 3 is 1.50 bits per heavy atom. The smallest absolute Gasteiger partial charge is 0.0451 e. The fourth-order valence-corrected chi connectivity index (χ4v) is 1.45. The van der Waals surface area contributed by atoms with Crippen molar-refractivity contribution in [1.82, 2.24) is 0 Å². The number of benzene rings is 1. The van der Waals surface area contributed by atoms with Gasteiger partial charge in [-0.15, -0.1) is 0 Å². The molecule has 18 heavy (non-hydrogen) atoms. The molecule has 1 rings (SSSR count). The second-order valence-electron chi connectivity index (χ2n) is 3.71. The van der Waals surface area contributed by atoms with Gasteiger partial charge in [-0.05, 0) is 22.2 Å². The van der Waals surface area contributed by atoms with E-state index in [4.69, 9.17) is 22.5 Å². The first-order valence-electron chi connectivity index (χ1n) is 5.31. The first kappa shape index (κ1) is 13.8. The molecule has 0 saturated carbocycles. The van der Waals surface area contributed by atoms with Crippen molar-refractivity contribution < 1.29 is 0 Å². The van der Waals surface area contributed by atoms with Gasteiger partial charge in [0.1, 0.15) is 0 Å². The highest BCUT2D eigenvalue weighted by atomic mass is 15.1. The minimum absolute atomic E-state index is 0.209. The third kappa shape index (κ3) is 3.97. The van der Waals surface area contributed by atoms with E-state index in [0.717, 1.165) is 11.1 Å². The second-order valence-corrected chi connectivity index (χ2v) is 3.71. The Bertz CT molecular complexity index is 424. The summed E-state index contributed by atoms with van der Waals surface area (Å²) in [6, 6.07) is 6.63. The minimum atomic E-state index is -0.330. The maximum atomic E-state index is 8.21. The SMILES string of the molecule is [N-]=[N+]=NCC(N)c1ccc(C(N)CN=[N+]=[N-])cc1. The van der Waals surface area contributed by atoms with E-state index in [-0.39, 0.29) is 25.2 Å². The van der Waals surface area contributed by atoms with Crippen LogP contribution in [0.3, 0.4) is 0 Å². The molecule has 1 aromatic rings. The van der Waals surface area contributed by atoms with E-state index in [1.54, 1.807) is 0 Å². The zero-order valence-electron chi connectivity index (χ0n) is 9.72. The normalized spacial score (nSPS) is 13.0. The molecule has 8 nitrogen and oxygen atoms in total. The predicted molar refractivity (Wildman–Crippen MR) is 68.3 cm³/mol. The lowest BCUT2D eigenvalue weighted by Gasteiger charge is -2.12. The summed E-state index contributed by atoms with van der Waals surface area (Å²) in [4.78, 5) is 5.32. The third-order valence-corrected chi connectivity index (χ3v) is 2.48. The summed E-state index contributed by atoms with van der Waals surface area (Å²) in [5.41, 5.74) is 29.8. The van der Waals surface area contributed by atoms with Crippen molar-refractivity contribution in [1.29, 1.82) is 0 Å². The molecule has 0 saturated heterocycles. The fraction of sp³-hybridized carbons (Fsp3) is 0.400. The topological polar surface area (TPSA) is 150 Å². The van der Waals surface area contributed by atoms with Crippen LogP contribution in [0.1, 0.15) is 23.2 Å². The molecule has 0 aromatic heterocycles. The quantitative estimate of drug-likeness (QED) is 0.449. The van der Waals surface area contributed by atoms with Crippen molar-refractivity contribution in [3.63, 3.8) is 0 Å². The average molecular weight is 246 g/mol. The van der Waals surface area contributed by atoms with Gasteiger partial charge >= 0.3 is 0 Å². The fourth-order valence-electron chi connectivity index (χ4n) is 1.45. The van der Waals surface area contributed by atoms with Crippen LogP contribution in [-0.4, -0.2) is 13.1 Å². The van der Waals surface area contributed by atoms with E-state index in [0.29, 0.717) is 0 Å². The van der Waals surface area contributed by atoms with Crippen molar-refractivity contribution in [2.45, 2.75) is 12.1 Å². The van der Waals surface area contributed by atoms with Crippen LogP contribution in [0.15, 0.2) is 34.5 Å². The van der Waals surface area contributed by atoms with Crippen molar-refractivity contribution >= 4 is 0 Å². The largest absolute Gasteiger partial charge is 0.324 e. The molecule has 1 aromatic carbocycles. The first-order chi connectivity index (χ1) is 8.69. The lowest BCUT2D eigenvalue weighted by molar-refractivity contribution is 0.719. The van der Waals surface area contributed by atoms with Crippen LogP contribution < -0.4 is 11.5 Å². The maximum Gasteiger partial charge on any atom is 0.0451 e. The first-order valence-corrected chi connectivity index (χ1v) is 5.31. The van der Waals surface area contributed by atoms with Crippen LogP contribution in [0.5, 0.6) is 0 Å². The van der Waals surface area contributed by atoms with Gasteiger partial charge in [-0.3, -0.25) is 0 Å². The molecule has 0 heterocycles. The minimum Gasteiger partial charge on any atom is -0.324 e. The second kappa shape index (κ2) is 7.16. The van der Waals surface area contributed by atoms with Crippen LogP contribution in [-0.2, 0) is 0 Å².